The largest absolute Gasteiger partial charge is 0.0882 e. The van der Waals surface area contributed by atoms with Crippen LogP contribution >= 0.6 is 0 Å². The van der Waals surface area contributed by atoms with E-state index in [0.29, 0.717) is 0 Å². The molecule has 1 aliphatic rings. The topological polar surface area (TPSA) is 0 Å². The van der Waals surface area contributed by atoms with Crippen LogP contribution in [0.15, 0.2) is 48.6 Å². The van der Waals surface area contributed by atoms with E-state index < -0.39 is 0 Å². The molecule has 0 heterocycles. The van der Waals surface area contributed by atoms with E-state index in [2.05, 4.69) is 48.6 Å². The van der Waals surface area contributed by atoms with Gasteiger partial charge < -0.3 is 0 Å². The minimum Gasteiger partial charge on any atom is -0.0882 e. The highest BCUT2D eigenvalue weighted by Crippen LogP contribution is 2.03. The molecule has 14 heavy (non-hydrogen) atoms. The van der Waals surface area contributed by atoms with Crippen molar-refractivity contribution < 1.29 is 0 Å². The fraction of sp³-hybridized carbons (Fsp3) is 0.429. The predicted octanol–water partition coefficient (Wildman–Crippen LogP) is 4.57. The lowest BCUT2D eigenvalue weighted by atomic mass is 10.1. The lowest BCUT2D eigenvalue weighted by Crippen LogP contribution is -1.73. The third-order valence-electron chi connectivity index (χ3n) is 2.25. The smallest absolute Gasteiger partial charge is 0.0166 e. The third-order valence-corrected chi connectivity index (χ3v) is 2.25. The Balaban J connectivity index is 2.35. The first-order valence-corrected chi connectivity index (χ1v) is 5.62. The van der Waals surface area contributed by atoms with Crippen LogP contribution in [0.2, 0.25) is 0 Å². The van der Waals surface area contributed by atoms with E-state index >= 15 is 0 Å². The van der Waals surface area contributed by atoms with Crippen LogP contribution in [0.1, 0.15) is 38.5 Å². The molecule has 0 bridgehead atoms. The lowest BCUT2D eigenvalue weighted by Gasteiger charge is -1.93. The molecule has 0 amide bonds. The summed E-state index contributed by atoms with van der Waals surface area (Å²) in [4.78, 5) is 0. The van der Waals surface area contributed by atoms with Crippen molar-refractivity contribution >= 4 is 0 Å². The first kappa shape index (κ1) is 11.0. The van der Waals surface area contributed by atoms with Crippen LogP contribution < -0.4 is 0 Å². The maximum atomic E-state index is 2.30. The van der Waals surface area contributed by atoms with Gasteiger partial charge in [-0.05, 0) is 38.5 Å². The molecule has 76 valence electrons. The van der Waals surface area contributed by atoms with Gasteiger partial charge >= 0.3 is 0 Å². The highest BCUT2D eigenvalue weighted by molar-refractivity contribution is 5.06. The van der Waals surface area contributed by atoms with Gasteiger partial charge in [0.25, 0.3) is 0 Å². The number of allylic oxidation sites excluding steroid dienone is 8. The van der Waals surface area contributed by atoms with Crippen LogP contribution in [-0.4, -0.2) is 0 Å². The highest BCUT2D eigenvalue weighted by atomic mass is 13.9. The van der Waals surface area contributed by atoms with Crippen molar-refractivity contribution in [3.05, 3.63) is 48.6 Å². The first-order valence-electron chi connectivity index (χ1n) is 5.62. The second kappa shape index (κ2) is 8.55. The van der Waals surface area contributed by atoms with Gasteiger partial charge in [-0.2, -0.15) is 0 Å². The summed E-state index contributed by atoms with van der Waals surface area (Å²) in [6, 6.07) is 0. The normalized spacial score (nSPS) is 24.0. The molecule has 0 radical (unpaired) electrons. The molecule has 0 aliphatic heterocycles. The van der Waals surface area contributed by atoms with Gasteiger partial charge in [0.05, 0.1) is 0 Å². The summed E-state index contributed by atoms with van der Waals surface area (Å²) in [5.41, 5.74) is 0. The molecule has 1 rings (SSSR count). The fourth-order valence-corrected chi connectivity index (χ4v) is 1.42. The zero-order chi connectivity index (χ0) is 9.90. The monoisotopic (exact) mass is 188 g/mol. The Kier molecular flexibility index (Phi) is 6.74. The van der Waals surface area contributed by atoms with Crippen molar-refractivity contribution in [3.8, 4) is 0 Å². The molecule has 0 aromatic carbocycles. The van der Waals surface area contributed by atoms with E-state index in [1.165, 1.54) is 25.7 Å². The second-order valence-electron chi connectivity index (χ2n) is 3.55. The molecular weight excluding hydrogens is 168 g/mol. The Bertz CT molecular complexity index is 202. The molecule has 0 saturated carbocycles. The standard InChI is InChI=1S/C14H20/c1-2-4-6-8-10-12-14-13-11-9-7-5-3-1/h1-4,7-10H,5-6,11-14H2/b3-1?,4-2?,9-7-,10-8-. The van der Waals surface area contributed by atoms with Gasteiger partial charge in [-0.15, -0.1) is 0 Å². The minimum atomic E-state index is 1.07. The van der Waals surface area contributed by atoms with Gasteiger partial charge in [-0.1, -0.05) is 48.6 Å². The quantitative estimate of drug-likeness (QED) is 0.489. The van der Waals surface area contributed by atoms with E-state index in [9.17, 15) is 0 Å². The molecule has 0 N–H and O–H groups in total. The molecular formula is C14H20. The van der Waals surface area contributed by atoms with Crippen molar-refractivity contribution in [2.75, 3.05) is 0 Å². The second-order valence-corrected chi connectivity index (χ2v) is 3.55. The molecule has 0 saturated heterocycles. The van der Waals surface area contributed by atoms with Gasteiger partial charge in [-0.25, -0.2) is 0 Å². The molecule has 0 fully saturated rings. The van der Waals surface area contributed by atoms with Gasteiger partial charge in [0.15, 0.2) is 0 Å². The van der Waals surface area contributed by atoms with Crippen LogP contribution in [0, 0.1) is 0 Å². The first-order chi connectivity index (χ1) is 7.00. The van der Waals surface area contributed by atoms with E-state index in [0.717, 1.165) is 12.8 Å². The molecule has 0 unspecified atom stereocenters. The summed E-state index contributed by atoms with van der Waals surface area (Å²) in [6.07, 6.45) is 25.0. The zero-order valence-corrected chi connectivity index (χ0v) is 8.86. The van der Waals surface area contributed by atoms with Crippen molar-refractivity contribution in [2.24, 2.45) is 0 Å². The average Bonchev–Trinajstić information content (AvgIpc) is 2.22. The molecule has 0 atom stereocenters. The van der Waals surface area contributed by atoms with Crippen LogP contribution in [-0.2, 0) is 0 Å². The summed E-state index contributed by atoms with van der Waals surface area (Å²) >= 11 is 0. The summed E-state index contributed by atoms with van der Waals surface area (Å²) in [5, 5.41) is 0. The van der Waals surface area contributed by atoms with Crippen molar-refractivity contribution in [3.63, 3.8) is 0 Å². The molecule has 0 heteroatoms. The number of hydrogen-bond donors (Lipinski definition) is 0. The Hall–Kier alpha value is -1.04. The SMILES string of the molecule is C1=CC/C=C\CCCC/C=C\CC=C1. The third kappa shape index (κ3) is 6.47. The van der Waals surface area contributed by atoms with Crippen molar-refractivity contribution in [2.45, 2.75) is 38.5 Å². The maximum absolute atomic E-state index is 2.30. The highest BCUT2D eigenvalue weighted by Gasteiger charge is 1.83. The maximum Gasteiger partial charge on any atom is -0.0166 e. The van der Waals surface area contributed by atoms with Crippen molar-refractivity contribution in [1.29, 1.82) is 0 Å². The predicted molar refractivity (Wildman–Crippen MR) is 64.3 cm³/mol. The summed E-state index contributed by atoms with van der Waals surface area (Å²) in [7, 11) is 0. The Morgan fingerprint density at radius 2 is 1.00 bits per heavy atom. The van der Waals surface area contributed by atoms with E-state index in [1.54, 1.807) is 0 Å². The minimum absolute atomic E-state index is 1.07. The molecule has 0 aromatic rings. The Morgan fingerprint density at radius 3 is 1.50 bits per heavy atom. The van der Waals surface area contributed by atoms with E-state index in [1.807, 2.05) is 0 Å². The molecule has 0 spiro atoms. The van der Waals surface area contributed by atoms with Crippen molar-refractivity contribution in [1.82, 2.24) is 0 Å². The Labute approximate surface area is 87.7 Å². The van der Waals surface area contributed by atoms with Gasteiger partial charge in [0.1, 0.15) is 0 Å². The fourth-order valence-electron chi connectivity index (χ4n) is 1.42. The number of rotatable bonds is 0. The van der Waals surface area contributed by atoms with E-state index in [-0.39, 0.29) is 0 Å². The van der Waals surface area contributed by atoms with Gasteiger partial charge in [0.2, 0.25) is 0 Å². The van der Waals surface area contributed by atoms with Crippen LogP contribution in [0.25, 0.3) is 0 Å². The average molecular weight is 188 g/mol. The summed E-state index contributed by atoms with van der Waals surface area (Å²) < 4.78 is 0. The van der Waals surface area contributed by atoms with Gasteiger partial charge in [0, 0.05) is 0 Å². The number of hydrogen-bond acceptors (Lipinski definition) is 0. The van der Waals surface area contributed by atoms with Gasteiger partial charge in [-0.3, -0.25) is 0 Å². The summed E-state index contributed by atoms with van der Waals surface area (Å²) in [5.74, 6) is 0. The Morgan fingerprint density at radius 1 is 0.500 bits per heavy atom. The van der Waals surface area contributed by atoms with E-state index in [4.69, 9.17) is 0 Å². The van der Waals surface area contributed by atoms with Crippen LogP contribution in [0.4, 0.5) is 0 Å². The molecule has 0 aromatic heterocycles. The zero-order valence-electron chi connectivity index (χ0n) is 8.86. The summed E-state index contributed by atoms with van der Waals surface area (Å²) in [6.45, 7) is 0. The van der Waals surface area contributed by atoms with Crippen LogP contribution in [0.3, 0.4) is 0 Å². The molecule has 0 nitrogen and oxygen atoms in total. The molecule has 1 aliphatic carbocycles. The lowest BCUT2D eigenvalue weighted by molar-refractivity contribution is 0.760. The van der Waals surface area contributed by atoms with Crippen LogP contribution in [0.5, 0.6) is 0 Å².